The van der Waals surface area contributed by atoms with E-state index in [1.165, 1.54) is 69.8 Å². The van der Waals surface area contributed by atoms with Crippen LogP contribution in [0.5, 0.6) is 5.75 Å². The molecule has 1 N–H and O–H groups in total. The fourth-order valence-electron chi connectivity index (χ4n) is 5.31. The summed E-state index contributed by atoms with van der Waals surface area (Å²) in [5.41, 5.74) is 0.733. The summed E-state index contributed by atoms with van der Waals surface area (Å²) in [7, 11) is 0. The molecule has 0 fully saturated rings. The Morgan fingerprint density at radius 3 is 1.58 bits per heavy atom. The van der Waals surface area contributed by atoms with E-state index in [1.54, 1.807) is 12.1 Å². The van der Waals surface area contributed by atoms with Crippen LogP contribution in [0.25, 0.3) is 0 Å². The molecule has 0 aliphatic carbocycles. The van der Waals surface area contributed by atoms with Crippen molar-refractivity contribution in [1.82, 2.24) is 0 Å². The van der Waals surface area contributed by atoms with Gasteiger partial charge in [-0.2, -0.15) is 0 Å². The molecule has 33 heavy (non-hydrogen) atoms. The molecule has 1 aromatic rings. The number of benzene rings is 1. The average molecular weight is 477 g/mol. The highest BCUT2D eigenvalue weighted by molar-refractivity contribution is 7.80. The number of phenolic OH excluding ortho intramolecular Hbond substituents is 1. The van der Waals surface area contributed by atoms with Crippen molar-refractivity contribution in [3.05, 3.63) is 29.8 Å². The lowest BCUT2D eigenvalue weighted by atomic mass is 9.52. The summed E-state index contributed by atoms with van der Waals surface area (Å²) in [4.78, 5) is 0. The Labute approximate surface area is 210 Å². The maximum Gasteiger partial charge on any atom is 0.167 e. The van der Waals surface area contributed by atoms with Crippen molar-refractivity contribution in [2.75, 3.05) is 6.61 Å². The second-order valence-corrected chi connectivity index (χ2v) is 12.3. The lowest BCUT2D eigenvalue weighted by Crippen LogP contribution is -2.54. The van der Waals surface area contributed by atoms with Crippen LogP contribution in [0.1, 0.15) is 125 Å². The van der Waals surface area contributed by atoms with E-state index in [1.807, 2.05) is 12.1 Å². The van der Waals surface area contributed by atoms with Gasteiger partial charge < -0.3 is 9.84 Å². The van der Waals surface area contributed by atoms with Gasteiger partial charge in [-0.1, -0.05) is 125 Å². The van der Waals surface area contributed by atoms with Gasteiger partial charge in [0.15, 0.2) is 5.05 Å². The van der Waals surface area contributed by atoms with Gasteiger partial charge in [0.05, 0.1) is 12.0 Å². The van der Waals surface area contributed by atoms with E-state index < -0.39 is 0 Å². The molecule has 190 valence electrons. The van der Waals surface area contributed by atoms with Gasteiger partial charge >= 0.3 is 0 Å². The third kappa shape index (κ3) is 9.59. The monoisotopic (exact) mass is 476 g/mol. The summed E-state index contributed by atoms with van der Waals surface area (Å²) >= 11 is 6.02. The number of ether oxygens (including phenoxy) is 1. The van der Waals surface area contributed by atoms with E-state index in [9.17, 15) is 5.11 Å². The van der Waals surface area contributed by atoms with Crippen molar-refractivity contribution in [2.24, 2.45) is 16.2 Å². The zero-order valence-corrected chi connectivity index (χ0v) is 23.6. The summed E-state index contributed by atoms with van der Waals surface area (Å²) in [6.07, 6.45) is 15.4. The van der Waals surface area contributed by atoms with Gasteiger partial charge in [0, 0.05) is 0 Å². The van der Waals surface area contributed by atoms with E-state index in [2.05, 4.69) is 48.5 Å². The van der Waals surface area contributed by atoms with Crippen molar-refractivity contribution >= 4 is 17.3 Å². The molecular formula is C30H52O2S. The average Bonchev–Trinajstić information content (AvgIpc) is 2.72. The van der Waals surface area contributed by atoms with Crippen LogP contribution >= 0.6 is 12.2 Å². The van der Waals surface area contributed by atoms with Crippen LogP contribution in [0, 0.1) is 16.2 Å². The van der Waals surface area contributed by atoms with E-state index >= 15 is 0 Å². The maximum absolute atomic E-state index is 9.71. The van der Waals surface area contributed by atoms with Gasteiger partial charge in [-0.25, -0.2) is 0 Å². The highest BCUT2D eigenvalue weighted by Crippen LogP contribution is 2.55. The van der Waals surface area contributed by atoms with Gasteiger partial charge in [-0.15, -0.1) is 0 Å². The molecule has 0 saturated carbocycles. The van der Waals surface area contributed by atoms with Gasteiger partial charge in [-0.3, -0.25) is 0 Å². The SMILES string of the molecule is CCCCCCCCCCCCCOC(=S)C(Cc1ccc(O)cc1)(C(C)(C)C)C(C)(C)C. The molecule has 0 aliphatic rings. The molecule has 0 unspecified atom stereocenters. The molecule has 3 heteroatoms. The van der Waals surface area contributed by atoms with E-state index in [0.717, 1.165) is 17.9 Å². The van der Waals surface area contributed by atoms with Crippen molar-refractivity contribution in [1.29, 1.82) is 0 Å². The third-order valence-electron chi connectivity index (χ3n) is 7.30. The van der Waals surface area contributed by atoms with Gasteiger partial charge in [0.25, 0.3) is 0 Å². The molecule has 0 aliphatic heterocycles. The van der Waals surface area contributed by atoms with E-state index in [-0.39, 0.29) is 16.2 Å². The molecule has 0 aromatic heterocycles. The molecular weight excluding hydrogens is 424 g/mol. The molecule has 1 rings (SSSR count). The first-order valence-corrected chi connectivity index (χ1v) is 13.8. The lowest BCUT2D eigenvalue weighted by Gasteiger charge is -2.53. The molecule has 0 bridgehead atoms. The Bertz CT molecular complexity index is 650. The predicted molar refractivity (Wildman–Crippen MR) is 148 cm³/mol. The molecule has 0 amide bonds. The fourth-order valence-corrected chi connectivity index (χ4v) is 6.08. The van der Waals surface area contributed by atoms with Gasteiger partial charge in [0.1, 0.15) is 5.75 Å². The Hall–Kier alpha value is -1.09. The van der Waals surface area contributed by atoms with Crippen molar-refractivity contribution in [3.8, 4) is 5.75 Å². The number of phenols is 1. The summed E-state index contributed by atoms with van der Waals surface area (Å²) < 4.78 is 6.32. The first-order valence-electron chi connectivity index (χ1n) is 13.4. The Balaban J connectivity index is 2.58. The number of thiocarbonyl (C=S) groups is 1. The third-order valence-corrected chi connectivity index (χ3v) is 7.76. The summed E-state index contributed by atoms with van der Waals surface area (Å²) in [5, 5.41) is 10.5. The number of aromatic hydroxyl groups is 1. The number of hydrogen-bond acceptors (Lipinski definition) is 3. The first kappa shape index (κ1) is 29.9. The van der Waals surface area contributed by atoms with Gasteiger partial charge in [0.2, 0.25) is 0 Å². The molecule has 2 nitrogen and oxygen atoms in total. The van der Waals surface area contributed by atoms with E-state index in [0.29, 0.717) is 12.4 Å². The summed E-state index contributed by atoms with van der Waals surface area (Å²) in [6.45, 7) is 16.6. The highest BCUT2D eigenvalue weighted by atomic mass is 32.1. The Morgan fingerprint density at radius 2 is 1.15 bits per heavy atom. The molecule has 0 saturated heterocycles. The maximum atomic E-state index is 9.71. The minimum absolute atomic E-state index is 0.0721. The van der Waals surface area contributed by atoms with Crippen molar-refractivity contribution in [3.63, 3.8) is 0 Å². The van der Waals surface area contributed by atoms with Crippen LogP contribution in [0.2, 0.25) is 0 Å². The number of unbranched alkanes of at least 4 members (excludes halogenated alkanes) is 10. The molecule has 0 radical (unpaired) electrons. The zero-order valence-electron chi connectivity index (χ0n) is 22.8. The second kappa shape index (κ2) is 14.3. The van der Waals surface area contributed by atoms with Crippen LogP contribution in [0.3, 0.4) is 0 Å². The molecule has 0 heterocycles. The molecule has 1 aromatic carbocycles. The van der Waals surface area contributed by atoms with Gasteiger partial charge in [-0.05, 0) is 53.6 Å². The van der Waals surface area contributed by atoms with Crippen LogP contribution in [-0.2, 0) is 11.2 Å². The number of rotatable bonds is 15. The minimum atomic E-state index is -0.302. The summed E-state index contributed by atoms with van der Waals surface area (Å²) in [6, 6.07) is 7.54. The number of hydrogen-bond donors (Lipinski definition) is 1. The second-order valence-electron chi connectivity index (χ2n) is 11.9. The van der Waals surface area contributed by atoms with Crippen molar-refractivity contribution in [2.45, 2.75) is 126 Å². The van der Waals surface area contributed by atoms with Crippen LogP contribution in [-0.4, -0.2) is 16.8 Å². The normalized spacial score (nSPS) is 12.7. The Morgan fingerprint density at radius 1 is 0.727 bits per heavy atom. The quantitative estimate of drug-likeness (QED) is 0.202. The van der Waals surface area contributed by atoms with Crippen molar-refractivity contribution < 1.29 is 9.84 Å². The summed E-state index contributed by atoms with van der Waals surface area (Å²) in [5.74, 6) is 0.297. The van der Waals surface area contributed by atoms with Crippen LogP contribution < -0.4 is 0 Å². The molecule has 0 atom stereocenters. The first-order chi connectivity index (χ1) is 15.5. The standard InChI is InChI=1S/C30H52O2S/c1-8-9-10-11-12-13-14-15-16-17-18-23-32-27(33)30(28(2,3)4,29(5,6)7)24-25-19-21-26(31)22-20-25/h19-22,31H,8-18,23-24H2,1-7H3. The van der Waals surface area contributed by atoms with Crippen LogP contribution in [0.4, 0.5) is 0 Å². The zero-order chi connectivity index (χ0) is 25.0. The van der Waals surface area contributed by atoms with Crippen LogP contribution in [0.15, 0.2) is 24.3 Å². The topological polar surface area (TPSA) is 29.5 Å². The fraction of sp³-hybridized carbons (Fsp3) is 0.767. The smallest absolute Gasteiger partial charge is 0.167 e. The lowest BCUT2D eigenvalue weighted by molar-refractivity contribution is 0.0170. The van der Waals surface area contributed by atoms with E-state index in [4.69, 9.17) is 17.0 Å². The minimum Gasteiger partial charge on any atom is -0.508 e. The molecule has 0 spiro atoms. The predicted octanol–water partition coefficient (Wildman–Crippen LogP) is 9.67. The largest absolute Gasteiger partial charge is 0.508 e. The Kier molecular flexibility index (Phi) is 13.0. The highest BCUT2D eigenvalue weighted by Gasteiger charge is 2.54.